The molecule has 3 atom stereocenters. The molecule has 1 aliphatic heterocycles. The minimum Gasteiger partial charge on any atom is -0.345 e. The quantitative estimate of drug-likeness (QED) is 0.682. The Balaban J connectivity index is 1.75. The van der Waals surface area contributed by atoms with E-state index >= 15 is 0 Å². The maximum Gasteiger partial charge on any atom is 0.226 e. The van der Waals surface area contributed by atoms with E-state index in [0.29, 0.717) is 12.3 Å². The van der Waals surface area contributed by atoms with E-state index in [1.807, 2.05) is 0 Å². The molecule has 1 N–H and O–H groups in total. The first-order valence-corrected chi connectivity index (χ1v) is 10.7. The van der Waals surface area contributed by atoms with E-state index in [-0.39, 0.29) is 34.8 Å². The molecule has 0 aromatic rings. The SMILES string of the molecule is CC(CSC(=O)C(C)NC(=O)C1CCCCC1)C(=O)N1CCCC1C=O. The van der Waals surface area contributed by atoms with Gasteiger partial charge in [0.05, 0.1) is 12.1 Å². The van der Waals surface area contributed by atoms with Crippen LogP contribution in [0.3, 0.4) is 0 Å². The molecule has 1 saturated carbocycles. The van der Waals surface area contributed by atoms with Gasteiger partial charge in [0, 0.05) is 24.1 Å². The van der Waals surface area contributed by atoms with E-state index in [1.54, 1.807) is 18.7 Å². The van der Waals surface area contributed by atoms with Gasteiger partial charge in [-0.1, -0.05) is 37.9 Å². The van der Waals surface area contributed by atoms with Crippen LogP contribution in [-0.2, 0) is 19.2 Å². The molecule has 1 saturated heterocycles. The van der Waals surface area contributed by atoms with Crippen LogP contribution in [0.2, 0.25) is 0 Å². The highest BCUT2D eigenvalue weighted by Gasteiger charge is 2.31. The van der Waals surface area contributed by atoms with Crippen molar-refractivity contribution >= 4 is 35.0 Å². The summed E-state index contributed by atoms with van der Waals surface area (Å²) in [4.78, 5) is 49.6. The number of aldehydes is 1. The molecule has 26 heavy (non-hydrogen) atoms. The average molecular weight is 383 g/mol. The molecule has 2 fully saturated rings. The fraction of sp³-hybridized carbons (Fsp3) is 0.789. The summed E-state index contributed by atoms with van der Waals surface area (Å²) in [6.07, 6.45) is 7.54. The molecule has 0 bridgehead atoms. The second-order valence-corrected chi connectivity index (χ2v) is 8.50. The van der Waals surface area contributed by atoms with Gasteiger partial charge < -0.3 is 15.0 Å². The molecule has 2 amide bonds. The number of hydrogen-bond donors (Lipinski definition) is 1. The van der Waals surface area contributed by atoms with Crippen LogP contribution in [0, 0.1) is 11.8 Å². The first-order chi connectivity index (χ1) is 12.4. The summed E-state index contributed by atoms with van der Waals surface area (Å²) in [5.41, 5.74) is 0. The molecule has 0 radical (unpaired) electrons. The van der Waals surface area contributed by atoms with Gasteiger partial charge in [-0.05, 0) is 32.6 Å². The summed E-state index contributed by atoms with van der Waals surface area (Å²) in [7, 11) is 0. The van der Waals surface area contributed by atoms with Gasteiger partial charge in [-0.25, -0.2) is 0 Å². The highest BCUT2D eigenvalue weighted by atomic mass is 32.2. The van der Waals surface area contributed by atoms with Crippen molar-refractivity contribution in [3.05, 3.63) is 0 Å². The second kappa shape index (κ2) is 10.1. The van der Waals surface area contributed by atoms with Crippen LogP contribution >= 0.6 is 11.8 Å². The summed E-state index contributed by atoms with van der Waals surface area (Å²) in [6.45, 7) is 4.10. The fourth-order valence-electron chi connectivity index (χ4n) is 3.65. The lowest BCUT2D eigenvalue weighted by Gasteiger charge is -2.24. The van der Waals surface area contributed by atoms with Crippen molar-refractivity contribution in [2.45, 2.75) is 70.9 Å². The Morgan fingerprint density at radius 1 is 1.12 bits per heavy atom. The summed E-state index contributed by atoms with van der Waals surface area (Å²) < 4.78 is 0. The lowest BCUT2D eigenvalue weighted by atomic mass is 9.88. The van der Waals surface area contributed by atoms with Gasteiger partial charge in [-0.15, -0.1) is 0 Å². The number of rotatable bonds is 7. The molecule has 0 spiro atoms. The zero-order valence-corrected chi connectivity index (χ0v) is 16.6. The van der Waals surface area contributed by atoms with E-state index in [1.165, 1.54) is 6.42 Å². The maximum atomic E-state index is 12.5. The zero-order valence-electron chi connectivity index (χ0n) is 15.7. The van der Waals surface area contributed by atoms with Crippen molar-refractivity contribution in [2.75, 3.05) is 12.3 Å². The molecule has 1 heterocycles. The minimum atomic E-state index is -0.550. The van der Waals surface area contributed by atoms with Crippen LogP contribution in [-0.4, -0.2) is 52.5 Å². The third-order valence-corrected chi connectivity index (χ3v) is 6.63. The van der Waals surface area contributed by atoms with Crippen molar-refractivity contribution in [1.29, 1.82) is 0 Å². The number of carbonyl (C=O) groups excluding carboxylic acids is 4. The molecule has 0 aromatic carbocycles. The highest BCUT2D eigenvalue weighted by Crippen LogP contribution is 2.24. The Hall–Kier alpha value is -1.37. The van der Waals surface area contributed by atoms with E-state index in [2.05, 4.69) is 5.32 Å². The number of likely N-dealkylation sites (tertiary alicyclic amines) is 1. The molecular weight excluding hydrogens is 352 g/mol. The molecule has 1 aliphatic carbocycles. The van der Waals surface area contributed by atoms with Crippen LogP contribution in [0.15, 0.2) is 0 Å². The molecule has 2 rings (SSSR count). The third kappa shape index (κ3) is 5.56. The number of carbonyl (C=O) groups is 4. The number of amides is 2. The van der Waals surface area contributed by atoms with Crippen molar-refractivity contribution in [3.8, 4) is 0 Å². The lowest BCUT2D eigenvalue weighted by Crippen LogP contribution is -2.42. The number of nitrogens with zero attached hydrogens (tertiary/aromatic N) is 1. The predicted octanol–water partition coefficient (Wildman–Crippen LogP) is 2.16. The van der Waals surface area contributed by atoms with Gasteiger partial charge >= 0.3 is 0 Å². The van der Waals surface area contributed by atoms with Crippen LogP contribution in [0.5, 0.6) is 0 Å². The van der Waals surface area contributed by atoms with Gasteiger partial charge in [0.25, 0.3) is 0 Å². The highest BCUT2D eigenvalue weighted by molar-refractivity contribution is 8.13. The van der Waals surface area contributed by atoms with Gasteiger partial charge in [0.2, 0.25) is 16.9 Å². The molecule has 146 valence electrons. The van der Waals surface area contributed by atoms with Gasteiger partial charge in [-0.2, -0.15) is 0 Å². The van der Waals surface area contributed by atoms with E-state index in [0.717, 1.165) is 56.6 Å². The monoisotopic (exact) mass is 382 g/mol. The van der Waals surface area contributed by atoms with Crippen molar-refractivity contribution in [3.63, 3.8) is 0 Å². The van der Waals surface area contributed by atoms with Crippen molar-refractivity contribution in [2.24, 2.45) is 11.8 Å². The summed E-state index contributed by atoms with van der Waals surface area (Å²) in [5.74, 6) is -0.0331. The Morgan fingerprint density at radius 2 is 1.81 bits per heavy atom. The maximum absolute atomic E-state index is 12.5. The van der Waals surface area contributed by atoms with Crippen LogP contribution < -0.4 is 5.32 Å². The zero-order chi connectivity index (χ0) is 19.1. The summed E-state index contributed by atoms with van der Waals surface area (Å²) in [5, 5.41) is 2.70. The fourth-order valence-corrected chi connectivity index (χ4v) is 4.51. The molecular formula is C19H30N2O4S. The van der Waals surface area contributed by atoms with E-state index < -0.39 is 6.04 Å². The van der Waals surface area contributed by atoms with Gasteiger partial charge in [-0.3, -0.25) is 14.4 Å². The number of hydrogen-bond acceptors (Lipinski definition) is 5. The first kappa shape index (κ1) is 20.9. The van der Waals surface area contributed by atoms with Crippen molar-refractivity contribution in [1.82, 2.24) is 10.2 Å². The molecule has 3 unspecified atom stereocenters. The van der Waals surface area contributed by atoms with Crippen molar-refractivity contribution < 1.29 is 19.2 Å². The largest absolute Gasteiger partial charge is 0.345 e. The number of thioether (sulfide) groups is 1. The summed E-state index contributed by atoms with van der Waals surface area (Å²) >= 11 is 1.09. The van der Waals surface area contributed by atoms with E-state index in [4.69, 9.17) is 0 Å². The normalized spacial score (nSPS) is 23.3. The predicted molar refractivity (Wildman–Crippen MR) is 102 cm³/mol. The first-order valence-electron chi connectivity index (χ1n) is 9.66. The second-order valence-electron chi connectivity index (χ2n) is 7.47. The smallest absolute Gasteiger partial charge is 0.226 e. The van der Waals surface area contributed by atoms with Crippen LogP contribution in [0.4, 0.5) is 0 Å². The van der Waals surface area contributed by atoms with Crippen LogP contribution in [0.25, 0.3) is 0 Å². The Labute approximate surface area is 159 Å². The Morgan fingerprint density at radius 3 is 2.46 bits per heavy atom. The van der Waals surface area contributed by atoms with E-state index in [9.17, 15) is 19.2 Å². The third-order valence-electron chi connectivity index (χ3n) is 5.32. The Bertz CT molecular complexity index is 534. The van der Waals surface area contributed by atoms with Gasteiger partial charge in [0.15, 0.2) is 0 Å². The molecule has 0 aromatic heterocycles. The topological polar surface area (TPSA) is 83.6 Å². The van der Waals surface area contributed by atoms with Crippen LogP contribution in [0.1, 0.15) is 58.8 Å². The van der Waals surface area contributed by atoms with Gasteiger partial charge in [0.1, 0.15) is 6.29 Å². The molecule has 2 aliphatic rings. The Kier molecular flexibility index (Phi) is 8.13. The minimum absolute atomic E-state index is 0.0267. The lowest BCUT2D eigenvalue weighted by molar-refractivity contribution is -0.137. The average Bonchev–Trinajstić information content (AvgIpc) is 3.14. The molecule has 6 nitrogen and oxygen atoms in total. The number of nitrogens with one attached hydrogen (secondary N) is 1. The summed E-state index contributed by atoms with van der Waals surface area (Å²) in [6, 6.07) is -0.870. The standard InChI is InChI=1S/C19H30N2O4S/c1-13(18(24)21-10-6-9-16(21)11-22)12-26-19(25)14(2)20-17(23)15-7-4-3-5-8-15/h11,13-16H,3-10,12H2,1-2H3,(H,20,23). The molecule has 7 heteroatoms.